The van der Waals surface area contributed by atoms with Crippen molar-refractivity contribution < 1.29 is 18.0 Å². The molecule has 1 aromatic carbocycles. The van der Waals surface area contributed by atoms with Gasteiger partial charge in [0.05, 0.1) is 12.0 Å². The van der Waals surface area contributed by atoms with Gasteiger partial charge in [-0.15, -0.1) is 0 Å². The zero-order chi connectivity index (χ0) is 21.1. The van der Waals surface area contributed by atoms with Crippen molar-refractivity contribution in [1.82, 2.24) is 9.55 Å². The van der Waals surface area contributed by atoms with E-state index in [-0.39, 0.29) is 24.5 Å². The van der Waals surface area contributed by atoms with Gasteiger partial charge in [-0.1, -0.05) is 25.5 Å². The number of likely N-dealkylation sites (N-methyl/N-ethyl adjacent to an activating group) is 1. The number of rotatable bonds is 6. The summed E-state index contributed by atoms with van der Waals surface area (Å²) in [7, 11) is 1.32. The number of aromatic amines is 1. The van der Waals surface area contributed by atoms with Crippen LogP contribution in [0.4, 0.5) is 24.7 Å². The van der Waals surface area contributed by atoms with E-state index >= 15 is 0 Å². The Labute approximate surface area is 158 Å². The molecular weight excluding hydrogens is 377 g/mol. The van der Waals surface area contributed by atoms with E-state index in [4.69, 9.17) is 5.73 Å². The summed E-state index contributed by atoms with van der Waals surface area (Å²) >= 11 is 0. The van der Waals surface area contributed by atoms with Crippen LogP contribution in [0.25, 0.3) is 0 Å². The minimum absolute atomic E-state index is 0.134. The standard InChI is InChI=1S/C18H21F3N4O3/c1-3-4-9-25-15(22)14(16(27)23-17(25)28)24(2)13(26)10-11-5-7-12(8-6-11)18(19,20)21/h5-8H,3-4,9-10,22H2,1-2H3,(H,23,27,28). The minimum atomic E-state index is -4.47. The fourth-order valence-corrected chi connectivity index (χ4v) is 2.67. The second-order valence-electron chi connectivity index (χ2n) is 6.32. The normalized spacial score (nSPS) is 11.5. The zero-order valence-electron chi connectivity index (χ0n) is 15.5. The predicted octanol–water partition coefficient (Wildman–Crippen LogP) is 2.14. The molecule has 0 bridgehead atoms. The van der Waals surface area contributed by atoms with Crippen LogP contribution >= 0.6 is 0 Å². The van der Waals surface area contributed by atoms with Crippen molar-refractivity contribution in [2.75, 3.05) is 17.7 Å². The van der Waals surface area contributed by atoms with Crippen LogP contribution in [0, 0.1) is 0 Å². The Morgan fingerprint density at radius 3 is 2.36 bits per heavy atom. The number of amides is 1. The number of nitrogens with one attached hydrogen (secondary N) is 1. The van der Waals surface area contributed by atoms with E-state index in [1.165, 1.54) is 23.7 Å². The van der Waals surface area contributed by atoms with E-state index < -0.39 is 28.9 Å². The van der Waals surface area contributed by atoms with Crippen LogP contribution in [0.15, 0.2) is 33.9 Å². The summed E-state index contributed by atoms with van der Waals surface area (Å²) < 4.78 is 39.1. The van der Waals surface area contributed by atoms with Crippen LogP contribution in [0.5, 0.6) is 0 Å². The lowest BCUT2D eigenvalue weighted by Crippen LogP contribution is -2.39. The molecule has 0 radical (unpaired) electrons. The quantitative estimate of drug-likeness (QED) is 0.778. The summed E-state index contributed by atoms with van der Waals surface area (Å²) in [5, 5.41) is 0. The van der Waals surface area contributed by atoms with Gasteiger partial charge in [-0.2, -0.15) is 13.2 Å². The second kappa shape index (κ2) is 8.32. The van der Waals surface area contributed by atoms with Crippen molar-refractivity contribution in [3.05, 3.63) is 56.2 Å². The van der Waals surface area contributed by atoms with E-state index in [9.17, 15) is 27.6 Å². The molecule has 0 saturated carbocycles. The smallest absolute Gasteiger partial charge is 0.383 e. The number of benzene rings is 1. The second-order valence-corrected chi connectivity index (χ2v) is 6.32. The largest absolute Gasteiger partial charge is 0.416 e. The summed E-state index contributed by atoms with van der Waals surface area (Å²) in [4.78, 5) is 39.8. The van der Waals surface area contributed by atoms with E-state index in [0.29, 0.717) is 12.0 Å². The maximum absolute atomic E-state index is 12.6. The van der Waals surface area contributed by atoms with Crippen LogP contribution in [0.1, 0.15) is 30.9 Å². The number of H-pyrrole nitrogens is 1. The van der Waals surface area contributed by atoms with Crippen molar-refractivity contribution in [1.29, 1.82) is 0 Å². The highest BCUT2D eigenvalue weighted by atomic mass is 19.4. The molecule has 0 unspecified atom stereocenters. The fraction of sp³-hybridized carbons (Fsp3) is 0.389. The number of alkyl halides is 3. The highest BCUT2D eigenvalue weighted by Crippen LogP contribution is 2.29. The zero-order valence-corrected chi connectivity index (χ0v) is 15.5. The maximum atomic E-state index is 12.6. The number of hydrogen-bond acceptors (Lipinski definition) is 4. The Bertz CT molecular complexity index is 962. The molecule has 1 amide bonds. The molecule has 0 spiro atoms. The molecule has 28 heavy (non-hydrogen) atoms. The molecule has 0 saturated heterocycles. The monoisotopic (exact) mass is 398 g/mol. The maximum Gasteiger partial charge on any atom is 0.416 e. The highest BCUT2D eigenvalue weighted by Gasteiger charge is 2.30. The number of nitrogens with zero attached hydrogens (tertiary/aromatic N) is 2. The number of nitrogen functional groups attached to an aromatic ring is 1. The van der Waals surface area contributed by atoms with E-state index in [0.717, 1.165) is 23.5 Å². The van der Waals surface area contributed by atoms with Gasteiger partial charge in [0.1, 0.15) is 5.82 Å². The van der Waals surface area contributed by atoms with Crippen molar-refractivity contribution in [2.45, 2.75) is 38.9 Å². The van der Waals surface area contributed by atoms with Crippen LogP contribution in [-0.2, 0) is 23.9 Å². The number of nitrogens with two attached hydrogens (primary N) is 1. The van der Waals surface area contributed by atoms with Gasteiger partial charge in [0.25, 0.3) is 5.56 Å². The van der Waals surface area contributed by atoms with Crippen molar-refractivity contribution >= 4 is 17.4 Å². The molecule has 7 nitrogen and oxygen atoms in total. The van der Waals surface area contributed by atoms with Crippen LogP contribution in [0.2, 0.25) is 0 Å². The Morgan fingerprint density at radius 1 is 1.21 bits per heavy atom. The number of anilines is 2. The number of halogens is 3. The summed E-state index contributed by atoms with van der Waals surface area (Å²) in [5.41, 5.74) is 3.83. The molecule has 0 aliphatic heterocycles. The molecule has 0 aliphatic carbocycles. The molecule has 10 heteroatoms. The summed E-state index contributed by atoms with van der Waals surface area (Å²) in [5.74, 6) is -0.692. The van der Waals surface area contributed by atoms with Gasteiger partial charge >= 0.3 is 11.9 Å². The third-order valence-corrected chi connectivity index (χ3v) is 4.30. The van der Waals surface area contributed by atoms with Gasteiger partial charge in [-0.05, 0) is 24.1 Å². The molecule has 0 fully saturated rings. The number of aromatic nitrogens is 2. The summed E-state index contributed by atoms with van der Waals surface area (Å²) in [6.45, 7) is 2.21. The van der Waals surface area contributed by atoms with Crippen LogP contribution in [0.3, 0.4) is 0 Å². The summed E-state index contributed by atoms with van der Waals surface area (Å²) in [6.07, 6.45) is -3.25. The van der Waals surface area contributed by atoms with Crippen LogP contribution < -0.4 is 21.9 Å². The Morgan fingerprint density at radius 2 is 1.82 bits per heavy atom. The van der Waals surface area contributed by atoms with Gasteiger partial charge < -0.3 is 10.6 Å². The average molecular weight is 398 g/mol. The first-order valence-electron chi connectivity index (χ1n) is 8.61. The van der Waals surface area contributed by atoms with Gasteiger partial charge in [0.15, 0.2) is 5.69 Å². The SMILES string of the molecule is CCCCn1c(N)c(N(C)C(=O)Cc2ccc(C(F)(F)F)cc2)c(=O)[nH]c1=O. The molecule has 1 aromatic heterocycles. The van der Waals surface area contributed by atoms with Gasteiger partial charge in [0, 0.05) is 13.6 Å². The number of unbranched alkanes of at least 4 members (excludes halogenated alkanes) is 1. The van der Waals surface area contributed by atoms with Gasteiger partial charge in [-0.25, -0.2) is 4.79 Å². The van der Waals surface area contributed by atoms with E-state index in [2.05, 4.69) is 4.98 Å². The molecule has 0 aliphatic rings. The lowest BCUT2D eigenvalue weighted by Gasteiger charge is -2.20. The topological polar surface area (TPSA) is 101 Å². The number of carbonyl (C=O) groups is 1. The van der Waals surface area contributed by atoms with E-state index in [1.54, 1.807) is 0 Å². The lowest BCUT2D eigenvalue weighted by molar-refractivity contribution is -0.137. The fourth-order valence-electron chi connectivity index (χ4n) is 2.67. The molecular formula is C18H21F3N4O3. The van der Waals surface area contributed by atoms with Crippen molar-refractivity contribution in [2.24, 2.45) is 0 Å². The van der Waals surface area contributed by atoms with E-state index in [1.807, 2.05) is 6.92 Å². The highest BCUT2D eigenvalue weighted by molar-refractivity contribution is 5.96. The minimum Gasteiger partial charge on any atom is -0.383 e. The first-order chi connectivity index (χ1) is 13.1. The predicted molar refractivity (Wildman–Crippen MR) is 99.2 cm³/mol. The van der Waals surface area contributed by atoms with Crippen LogP contribution in [-0.4, -0.2) is 22.5 Å². The molecule has 1 heterocycles. The molecule has 0 atom stereocenters. The summed E-state index contributed by atoms with van der Waals surface area (Å²) in [6, 6.07) is 4.16. The molecule has 152 valence electrons. The molecule has 2 rings (SSSR count). The Kier molecular flexibility index (Phi) is 6.32. The first-order valence-corrected chi connectivity index (χ1v) is 8.61. The third-order valence-electron chi connectivity index (χ3n) is 4.30. The average Bonchev–Trinajstić information content (AvgIpc) is 2.60. The lowest BCUT2D eigenvalue weighted by atomic mass is 10.1. The van der Waals surface area contributed by atoms with Gasteiger partial charge in [0.2, 0.25) is 5.91 Å². The van der Waals surface area contributed by atoms with Gasteiger partial charge in [-0.3, -0.25) is 19.1 Å². The Balaban J connectivity index is 2.28. The number of hydrogen-bond donors (Lipinski definition) is 2. The van der Waals surface area contributed by atoms with Crippen molar-refractivity contribution in [3.63, 3.8) is 0 Å². The Hall–Kier alpha value is -3.04. The number of carbonyl (C=O) groups excluding carboxylic acids is 1. The first kappa shape index (κ1) is 21.3. The molecule has 3 N–H and O–H groups in total. The third kappa shape index (κ3) is 4.62. The van der Waals surface area contributed by atoms with Crippen molar-refractivity contribution in [3.8, 4) is 0 Å². The molecule has 2 aromatic rings.